The molecule has 5 heteroatoms. The summed E-state index contributed by atoms with van der Waals surface area (Å²) in [5.41, 5.74) is 0.796. The van der Waals surface area contributed by atoms with E-state index >= 15 is 0 Å². The van der Waals surface area contributed by atoms with Gasteiger partial charge >= 0.3 is 0 Å². The van der Waals surface area contributed by atoms with Crippen molar-refractivity contribution >= 4 is 23.3 Å². The Morgan fingerprint density at radius 1 is 1.32 bits per heavy atom. The Bertz CT molecular complexity index is 621. The van der Waals surface area contributed by atoms with E-state index in [1.165, 1.54) is 28.0 Å². The molecular formula is C17H20FN2OS+. The molecule has 0 aliphatic rings. The van der Waals surface area contributed by atoms with E-state index in [0.29, 0.717) is 6.54 Å². The van der Waals surface area contributed by atoms with Crippen molar-refractivity contribution in [2.75, 3.05) is 20.6 Å². The molecule has 0 aliphatic carbocycles. The molecule has 1 amide bonds. The number of rotatable bonds is 6. The minimum atomic E-state index is -0.283. The minimum absolute atomic E-state index is 0.146. The maximum atomic E-state index is 12.8. The van der Waals surface area contributed by atoms with Crippen LogP contribution in [0.1, 0.15) is 16.5 Å². The summed E-state index contributed by atoms with van der Waals surface area (Å²) in [5, 5.41) is 4.96. The van der Waals surface area contributed by atoms with Gasteiger partial charge in [0.15, 0.2) is 0 Å². The quantitative estimate of drug-likeness (QED) is 0.784. The zero-order valence-corrected chi connectivity index (χ0v) is 13.5. The number of amides is 1. The predicted octanol–water partition coefficient (Wildman–Crippen LogP) is 1.90. The molecule has 0 radical (unpaired) electrons. The number of benzene rings is 1. The summed E-state index contributed by atoms with van der Waals surface area (Å²) in [6.07, 6.45) is 3.15. The summed E-state index contributed by atoms with van der Waals surface area (Å²) in [7, 11) is 4.15. The lowest BCUT2D eigenvalue weighted by Gasteiger charge is -2.20. The molecule has 0 aliphatic heterocycles. The molecule has 0 saturated heterocycles. The van der Waals surface area contributed by atoms with Crippen LogP contribution in [0, 0.1) is 5.82 Å². The van der Waals surface area contributed by atoms with Crippen LogP contribution < -0.4 is 10.2 Å². The summed E-state index contributed by atoms with van der Waals surface area (Å²) >= 11 is 1.70. The summed E-state index contributed by atoms with van der Waals surface area (Å²) in [5.74, 6) is -0.429. The van der Waals surface area contributed by atoms with Gasteiger partial charge in [-0.15, -0.1) is 11.3 Å². The van der Waals surface area contributed by atoms with Crippen molar-refractivity contribution in [3.8, 4) is 0 Å². The van der Waals surface area contributed by atoms with Crippen molar-refractivity contribution in [1.29, 1.82) is 0 Å². The number of hydrogen-bond acceptors (Lipinski definition) is 2. The Labute approximate surface area is 134 Å². The molecule has 2 rings (SSSR count). The topological polar surface area (TPSA) is 33.5 Å². The van der Waals surface area contributed by atoms with Crippen LogP contribution in [-0.2, 0) is 4.79 Å². The predicted molar refractivity (Wildman–Crippen MR) is 88.3 cm³/mol. The summed E-state index contributed by atoms with van der Waals surface area (Å²) in [4.78, 5) is 14.4. The molecule has 0 spiro atoms. The third-order valence-electron chi connectivity index (χ3n) is 3.36. The fourth-order valence-corrected chi connectivity index (χ4v) is 3.04. The average Bonchev–Trinajstić information content (AvgIpc) is 3.00. The molecular weight excluding hydrogens is 299 g/mol. The van der Waals surface area contributed by atoms with E-state index in [1.807, 2.05) is 11.4 Å². The van der Waals surface area contributed by atoms with Gasteiger partial charge in [0.2, 0.25) is 5.91 Å². The van der Waals surface area contributed by atoms with Crippen LogP contribution >= 0.6 is 11.3 Å². The Hall–Kier alpha value is -1.98. The first-order valence-corrected chi connectivity index (χ1v) is 7.99. The zero-order chi connectivity index (χ0) is 15.9. The normalized spacial score (nSPS) is 12.7. The molecule has 1 aromatic carbocycles. The molecule has 1 heterocycles. The van der Waals surface area contributed by atoms with E-state index in [0.717, 1.165) is 5.56 Å². The first kappa shape index (κ1) is 16.4. The van der Waals surface area contributed by atoms with Crippen molar-refractivity contribution in [3.63, 3.8) is 0 Å². The Kier molecular flexibility index (Phi) is 5.86. The average molecular weight is 319 g/mol. The molecule has 2 N–H and O–H groups in total. The van der Waals surface area contributed by atoms with Gasteiger partial charge in [0.05, 0.1) is 25.5 Å². The van der Waals surface area contributed by atoms with Crippen LogP contribution in [-0.4, -0.2) is 26.5 Å². The van der Waals surface area contributed by atoms with Crippen LogP contribution in [0.2, 0.25) is 0 Å². The highest BCUT2D eigenvalue weighted by Gasteiger charge is 2.18. The fraction of sp³-hybridized carbons (Fsp3) is 0.235. The molecule has 116 valence electrons. The van der Waals surface area contributed by atoms with Gasteiger partial charge in [-0.05, 0) is 35.2 Å². The highest BCUT2D eigenvalue weighted by molar-refractivity contribution is 7.10. The van der Waals surface area contributed by atoms with Gasteiger partial charge in [-0.2, -0.15) is 0 Å². The fourth-order valence-electron chi connectivity index (χ4n) is 2.09. The van der Waals surface area contributed by atoms with Crippen molar-refractivity contribution < 1.29 is 14.1 Å². The van der Waals surface area contributed by atoms with Crippen LogP contribution in [0.15, 0.2) is 47.9 Å². The van der Waals surface area contributed by atoms with Crippen LogP contribution in [0.5, 0.6) is 0 Å². The second-order valence-electron chi connectivity index (χ2n) is 5.28. The van der Waals surface area contributed by atoms with Crippen molar-refractivity contribution in [3.05, 3.63) is 64.1 Å². The van der Waals surface area contributed by atoms with Gasteiger partial charge in [-0.3, -0.25) is 4.79 Å². The second kappa shape index (κ2) is 7.87. The first-order chi connectivity index (χ1) is 10.6. The van der Waals surface area contributed by atoms with E-state index in [2.05, 4.69) is 25.5 Å². The van der Waals surface area contributed by atoms with Gasteiger partial charge in [-0.25, -0.2) is 4.39 Å². The summed E-state index contributed by atoms with van der Waals surface area (Å²) in [6, 6.07) is 10.4. The molecule has 1 aromatic heterocycles. The molecule has 1 atom stereocenters. The van der Waals surface area contributed by atoms with Crippen LogP contribution in [0.3, 0.4) is 0 Å². The van der Waals surface area contributed by atoms with Gasteiger partial charge in [0.1, 0.15) is 11.9 Å². The van der Waals surface area contributed by atoms with E-state index in [9.17, 15) is 9.18 Å². The molecule has 0 saturated carbocycles. The number of carbonyl (C=O) groups excluding carboxylic acids is 1. The smallest absolute Gasteiger partial charge is 0.244 e. The number of nitrogens with one attached hydrogen (secondary N) is 2. The van der Waals surface area contributed by atoms with E-state index in [4.69, 9.17) is 0 Å². The van der Waals surface area contributed by atoms with E-state index in [1.54, 1.807) is 29.5 Å². The highest BCUT2D eigenvalue weighted by atomic mass is 32.1. The minimum Gasteiger partial charge on any atom is -0.346 e. The Morgan fingerprint density at radius 2 is 2.05 bits per heavy atom. The molecule has 0 bridgehead atoms. The maximum Gasteiger partial charge on any atom is 0.244 e. The Balaban J connectivity index is 1.90. The maximum absolute atomic E-state index is 12.8. The molecule has 0 unspecified atom stereocenters. The second-order valence-corrected chi connectivity index (χ2v) is 6.25. The molecule has 22 heavy (non-hydrogen) atoms. The molecule has 0 fully saturated rings. The lowest BCUT2D eigenvalue weighted by atomic mass is 10.2. The van der Waals surface area contributed by atoms with Crippen molar-refractivity contribution in [2.24, 2.45) is 0 Å². The zero-order valence-electron chi connectivity index (χ0n) is 12.7. The number of carbonyl (C=O) groups is 1. The van der Waals surface area contributed by atoms with Gasteiger partial charge in [0.25, 0.3) is 0 Å². The number of quaternary nitrogens is 1. The monoisotopic (exact) mass is 319 g/mol. The van der Waals surface area contributed by atoms with Crippen LogP contribution in [0.4, 0.5) is 4.39 Å². The lowest BCUT2D eigenvalue weighted by Crippen LogP contribution is -3.06. The number of likely N-dealkylation sites (N-methyl/N-ethyl adjacent to an activating group) is 1. The number of thiophene rings is 1. The number of hydrogen-bond donors (Lipinski definition) is 2. The number of halogens is 1. The van der Waals surface area contributed by atoms with Crippen LogP contribution in [0.25, 0.3) is 6.08 Å². The van der Waals surface area contributed by atoms with E-state index < -0.39 is 0 Å². The molecule has 2 aromatic rings. The first-order valence-electron chi connectivity index (χ1n) is 7.11. The largest absolute Gasteiger partial charge is 0.346 e. The molecule has 3 nitrogen and oxygen atoms in total. The third kappa shape index (κ3) is 4.79. The highest BCUT2D eigenvalue weighted by Crippen LogP contribution is 2.15. The van der Waals surface area contributed by atoms with Gasteiger partial charge in [0, 0.05) is 6.08 Å². The van der Waals surface area contributed by atoms with Crippen molar-refractivity contribution in [1.82, 2.24) is 5.32 Å². The van der Waals surface area contributed by atoms with Gasteiger partial charge < -0.3 is 10.2 Å². The summed E-state index contributed by atoms with van der Waals surface area (Å²) < 4.78 is 12.8. The third-order valence-corrected chi connectivity index (χ3v) is 4.35. The Morgan fingerprint density at radius 3 is 2.64 bits per heavy atom. The van der Waals surface area contributed by atoms with Gasteiger partial charge in [-0.1, -0.05) is 18.2 Å². The standard InChI is InChI=1S/C17H19FN2OS/c1-20(2)15(16-4-3-11-22-16)12-19-17(21)10-7-13-5-8-14(18)9-6-13/h3-11,15H,12H2,1-2H3,(H,19,21)/p+1/b10-7+/t15-/m1/s1. The lowest BCUT2D eigenvalue weighted by molar-refractivity contribution is -0.890. The summed E-state index contributed by atoms with van der Waals surface area (Å²) in [6.45, 7) is 0.579. The van der Waals surface area contributed by atoms with Crippen molar-refractivity contribution in [2.45, 2.75) is 6.04 Å². The SMILES string of the molecule is C[NH+](C)[C@H](CNC(=O)/C=C/c1ccc(F)cc1)c1cccs1. The van der Waals surface area contributed by atoms with E-state index in [-0.39, 0.29) is 17.8 Å².